The predicted molar refractivity (Wildman–Crippen MR) is 75.3 cm³/mol. The van der Waals surface area contributed by atoms with Crippen LogP contribution in [-0.4, -0.2) is 30.4 Å². The SMILES string of the molecule is CCNCC(C)(O)COc1c(C)ccc(C)c1C. The van der Waals surface area contributed by atoms with E-state index in [1.54, 1.807) is 6.92 Å². The number of likely N-dealkylation sites (N-methyl/N-ethyl adjacent to an activating group) is 1. The van der Waals surface area contributed by atoms with Gasteiger partial charge in [0.2, 0.25) is 0 Å². The van der Waals surface area contributed by atoms with E-state index in [-0.39, 0.29) is 0 Å². The maximum absolute atomic E-state index is 10.2. The van der Waals surface area contributed by atoms with Crippen molar-refractivity contribution in [3.8, 4) is 5.75 Å². The molecule has 1 unspecified atom stereocenters. The van der Waals surface area contributed by atoms with Gasteiger partial charge in [-0.25, -0.2) is 0 Å². The first kappa shape index (κ1) is 15.0. The summed E-state index contributed by atoms with van der Waals surface area (Å²) in [6.07, 6.45) is 0. The minimum absolute atomic E-state index is 0.297. The number of hydrogen-bond acceptors (Lipinski definition) is 3. The van der Waals surface area contributed by atoms with Crippen molar-refractivity contribution < 1.29 is 9.84 Å². The van der Waals surface area contributed by atoms with Gasteiger partial charge in [-0.05, 0) is 50.9 Å². The van der Waals surface area contributed by atoms with Gasteiger partial charge >= 0.3 is 0 Å². The molecule has 3 nitrogen and oxygen atoms in total. The Bertz CT molecular complexity index is 400. The zero-order chi connectivity index (χ0) is 13.8. The summed E-state index contributed by atoms with van der Waals surface area (Å²) in [5.41, 5.74) is 2.62. The van der Waals surface area contributed by atoms with Crippen molar-refractivity contribution in [1.29, 1.82) is 0 Å². The Balaban J connectivity index is 2.71. The van der Waals surface area contributed by atoms with Crippen LogP contribution in [-0.2, 0) is 0 Å². The number of rotatable bonds is 6. The van der Waals surface area contributed by atoms with Gasteiger partial charge in [-0.1, -0.05) is 19.1 Å². The van der Waals surface area contributed by atoms with E-state index in [0.29, 0.717) is 13.2 Å². The van der Waals surface area contributed by atoms with E-state index in [9.17, 15) is 5.11 Å². The number of hydrogen-bond donors (Lipinski definition) is 2. The van der Waals surface area contributed by atoms with Gasteiger partial charge in [-0.3, -0.25) is 0 Å². The molecule has 0 aromatic heterocycles. The second-order valence-corrected chi connectivity index (χ2v) is 5.22. The van der Waals surface area contributed by atoms with E-state index < -0.39 is 5.60 Å². The molecule has 0 saturated carbocycles. The van der Waals surface area contributed by atoms with Gasteiger partial charge in [-0.15, -0.1) is 0 Å². The summed E-state index contributed by atoms with van der Waals surface area (Å²) in [4.78, 5) is 0. The van der Waals surface area contributed by atoms with Gasteiger partial charge in [0.25, 0.3) is 0 Å². The Labute approximate surface area is 110 Å². The van der Waals surface area contributed by atoms with Gasteiger partial charge in [0, 0.05) is 6.54 Å². The molecule has 0 fully saturated rings. The Hall–Kier alpha value is -1.06. The van der Waals surface area contributed by atoms with Crippen LogP contribution in [0, 0.1) is 20.8 Å². The molecule has 0 radical (unpaired) electrons. The monoisotopic (exact) mass is 251 g/mol. The first-order valence-electron chi connectivity index (χ1n) is 6.50. The summed E-state index contributed by atoms with van der Waals surface area (Å²) < 4.78 is 5.82. The molecule has 0 aliphatic carbocycles. The zero-order valence-corrected chi connectivity index (χ0v) is 12.1. The normalized spacial score (nSPS) is 14.3. The number of benzene rings is 1. The molecule has 0 heterocycles. The highest BCUT2D eigenvalue weighted by Crippen LogP contribution is 2.26. The molecule has 1 atom stereocenters. The average molecular weight is 251 g/mol. The van der Waals surface area contributed by atoms with Gasteiger partial charge in [0.1, 0.15) is 18.0 Å². The Morgan fingerprint density at radius 3 is 2.44 bits per heavy atom. The van der Waals surface area contributed by atoms with Crippen molar-refractivity contribution >= 4 is 0 Å². The summed E-state index contributed by atoms with van der Waals surface area (Å²) in [5.74, 6) is 0.895. The molecular formula is C15H25NO2. The van der Waals surface area contributed by atoms with Crippen molar-refractivity contribution in [2.45, 2.75) is 40.2 Å². The van der Waals surface area contributed by atoms with Crippen molar-refractivity contribution in [3.05, 3.63) is 28.8 Å². The van der Waals surface area contributed by atoms with Crippen molar-refractivity contribution in [2.75, 3.05) is 19.7 Å². The second kappa shape index (κ2) is 6.21. The summed E-state index contributed by atoms with van der Waals surface area (Å²) in [5, 5.41) is 13.3. The molecule has 0 aliphatic heterocycles. The Kier molecular flexibility index (Phi) is 5.17. The van der Waals surface area contributed by atoms with E-state index >= 15 is 0 Å². The number of nitrogens with one attached hydrogen (secondary N) is 1. The van der Waals surface area contributed by atoms with Crippen LogP contribution >= 0.6 is 0 Å². The first-order chi connectivity index (χ1) is 8.37. The molecule has 0 aliphatic rings. The van der Waals surface area contributed by atoms with Crippen LogP contribution < -0.4 is 10.1 Å². The third-order valence-corrected chi connectivity index (χ3v) is 3.16. The summed E-state index contributed by atoms with van der Waals surface area (Å²) >= 11 is 0. The fraction of sp³-hybridized carbons (Fsp3) is 0.600. The molecule has 1 aromatic carbocycles. The highest BCUT2D eigenvalue weighted by atomic mass is 16.5. The fourth-order valence-corrected chi connectivity index (χ4v) is 1.82. The van der Waals surface area contributed by atoms with Crippen molar-refractivity contribution in [2.24, 2.45) is 0 Å². The lowest BCUT2D eigenvalue weighted by Crippen LogP contribution is -2.42. The topological polar surface area (TPSA) is 41.5 Å². The van der Waals surface area contributed by atoms with E-state index in [0.717, 1.165) is 23.4 Å². The van der Waals surface area contributed by atoms with Crippen LogP contribution in [0.1, 0.15) is 30.5 Å². The Morgan fingerprint density at radius 1 is 1.22 bits per heavy atom. The lowest BCUT2D eigenvalue weighted by molar-refractivity contribution is 0.0123. The van der Waals surface area contributed by atoms with Crippen LogP contribution in [0.3, 0.4) is 0 Å². The quantitative estimate of drug-likeness (QED) is 0.815. The van der Waals surface area contributed by atoms with Gasteiger partial charge in [-0.2, -0.15) is 0 Å². The first-order valence-corrected chi connectivity index (χ1v) is 6.50. The number of ether oxygens (including phenoxy) is 1. The molecule has 1 rings (SSSR count). The van der Waals surface area contributed by atoms with Crippen LogP contribution in [0.4, 0.5) is 0 Å². The maximum Gasteiger partial charge on any atom is 0.125 e. The number of aliphatic hydroxyl groups is 1. The zero-order valence-electron chi connectivity index (χ0n) is 12.1. The molecule has 18 heavy (non-hydrogen) atoms. The molecule has 0 bridgehead atoms. The molecule has 0 spiro atoms. The fourth-order valence-electron chi connectivity index (χ4n) is 1.82. The molecule has 3 heteroatoms. The highest BCUT2D eigenvalue weighted by molar-refractivity contribution is 5.44. The van der Waals surface area contributed by atoms with Crippen LogP contribution in [0.15, 0.2) is 12.1 Å². The van der Waals surface area contributed by atoms with E-state index in [2.05, 4.69) is 31.3 Å². The third kappa shape index (κ3) is 4.00. The molecule has 2 N–H and O–H groups in total. The van der Waals surface area contributed by atoms with E-state index in [1.165, 1.54) is 5.56 Å². The second-order valence-electron chi connectivity index (χ2n) is 5.22. The molecule has 0 amide bonds. The third-order valence-electron chi connectivity index (χ3n) is 3.16. The van der Waals surface area contributed by atoms with Gasteiger partial charge < -0.3 is 15.2 Å². The van der Waals surface area contributed by atoms with Crippen LogP contribution in [0.5, 0.6) is 5.75 Å². The smallest absolute Gasteiger partial charge is 0.125 e. The van der Waals surface area contributed by atoms with Crippen molar-refractivity contribution in [3.63, 3.8) is 0 Å². The summed E-state index contributed by atoms with van der Waals surface area (Å²) in [6, 6.07) is 4.14. The van der Waals surface area contributed by atoms with E-state index in [1.807, 2.05) is 13.8 Å². The Morgan fingerprint density at radius 2 is 1.83 bits per heavy atom. The van der Waals surface area contributed by atoms with Crippen LogP contribution in [0.2, 0.25) is 0 Å². The molecular weight excluding hydrogens is 226 g/mol. The lowest BCUT2D eigenvalue weighted by atomic mass is 10.0. The minimum Gasteiger partial charge on any atom is -0.490 e. The predicted octanol–water partition coefficient (Wildman–Crippen LogP) is 2.35. The average Bonchev–Trinajstić information content (AvgIpc) is 2.31. The minimum atomic E-state index is -0.849. The lowest BCUT2D eigenvalue weighted by Gasteiger charge is -2.25. The number of aryl methyl sites for hydroxylation is 2. The molecule has 1 aromatic rings. The highest BCUT2D eigenvalue weighted by Gasteiger charge is 2.21. The summed E-state index contributed by atoms with van der Waals surface area (Å²) in [7, 11) is 0. The molecule has 102 valence electrons. The van der Waals surface area contributed by atoms with Crippen LogP contribution in [0.25, 0.3) is 0 Å². The summed E-state index contributed by atoms with van der Waals surface area (Å²) in [6.45, 7) is 11.6. The maximum atomic E-state index is 10.2. The van der Waals surface area contributed by atoms with Gasteiger partial charge in [0.05, 0.1) is 0 Å². The largest absolute Gasteiger partial charge is 0.490 e. The van der Waals surface area contributed by atoms with Gasteiger partial charge in [0.15, 0.2) is 0 Å². The van der Waals surface area contributed by atoms with Crippen molar-refractivity contribution in [1.82, 2.24) is 5.32 Å². The standard InChI is InChI=1S/C15H25NO2/c1-6-16-9-15(5,17)10-18-14-12(3)8-7-11(2)13(14)4/h7-8,16-17H,6,9-10H2,1-5H3. The van der Waals surface area contributed by atoms with E-state index in [4.69, 9.17) is 4.74 Å². The molecule has 0 saturated heterocycles.